The lowest BCUT2D eigenvalue weighted by molar-refractivity contribution is -0.305. The number of allylic oxidation sites excluding steroid dienone is 8. The number of ether oxygens (including phenoxy) is 4. The normalized spacial score (nSPS) is 20.7. The van der Waals surface area contributed by atoms with E-state index in [1.54, 1.807) is 0 Å². The van der Waals surface area contributed by atoms with E-state index in [1.807, 2.05) is 0 Å². The fraction of sp³-hybridized carbons (Fsp3) is 0.816. The van der Waals surface area contributed by atoms with Crippen molar-refractivity contribution in [3.8, 4) is 0 Å². The van der Waals surface area contributed by atoms with E-state index in [2.05, 4.69) is 62.5 Å². The lowest BCUT2D eigenvalue weighted by Gasteiger charge is -2.39. The van der Waals surface area contributed by atoms with Gasteiger partial charge in [-0.05, 0) is 77.0 Å². The second kappa shape index (κ2) is 40.6. The molecule has 1 aliphatic heterocycles. The first kappa shape index (κ1) is 54.2. The van der Waals surface area contributed by atoms with E-state index in [0.29, 0.717) is 13.0 Å². The summed E-state index contributed by atoms with van der Waals surface area (Å²) < 4.78 is 22.8. The van der Waals surface area contributed by atoms with E-state index < -0.39 is 43.4 Å². The zero-order chi connectivity index (χ0) is 42.2. The molecule has 0 bridgehead atoms. The van der Waals surface area contributed by atoms with Crippen molar-refractivity contribution in [1.29, 1.82) is 0 Å². The predicted octanol–water partition coefficient (Wildman–Crippen LogP) is 10.9. The third kappa shape index (κ3) is 31.1. The van der Waals surface area contributed by atoms with Gasteiger partial charge in [-0.15, -0.1) is 0 Å². The van der Waals surface area contributed by atoms with E-state index in [4.69, 9.17) is 18.9 Å². The molecule has 0 saturated carbocycles. The van der Waals surface area contributed by atoms with Gasteiger partial charge in [-0.2, -0.15) is 0 Å². The van der Waals surface area contributed by atoms with Gasteiger partial charge in [0, 0.05) is 13.0 Å². The van der Waals surface area contributed by atoms with E-state index in [9.17, 15) is 25.2 Å². The minimum Gasteiger partial charge on any atom is -0.457 e. The maximum atomic E-state index is 12.8. The van der Waals surface area contributed by atoms with Gasteiger partial charge in [-0.3, -0.25) is 4.79 Å². The highest BCUT2D eigenvalue weighted by molar-refractivity contribution is 5.69. The number of hydrogen-bond donors (Lipinski definition) is 4. The van der Waals surface area contributed by atoms with Crippen molar-refractivity contribution in [2.45, 2.75) is 230 Å². The SMILES string of the molecule is CCCCC/C=C\C/C=C\C/C=C\CCCCCCCCC(=O)OC(COCCCCCCCC/C=C\CCCCCCCC)COC1OC(CO)C(O)C(O)C1O. The first-order valence-corrected chi connectivity index (χ1v) is 23.7. The van der Waals surface area contributed by atoms with Crippen LogP contribution in [0.3, 0.4) is 0 Å². The van der Waals surface area contributed by atoms with E-state index in [0.717, 1.165) is 64.2 Å². The lowest BCUT2D eigenvalue weighted by Crippen LogP contribution is -2.59. The van der Waals surface area contributed by atoms with Gasteiger partial charge < -0.3 is 39.4 Å². The molecular formula is C49H88O9. The highest BCUT2D eigenvalue weighted by Crippen LogP contribution is 2.22. The van der Waals surface area contributed by atoms with Gasteiger partial charge in [-0.1, -0.05) is 159 Å². The number of unbranched alkanes of at least 4 members (excludes halogenated alkanes) is 21. The zero-order valence-corrected chi connectivity index (χ0v) is 37.0. The number of carbonyl (C=O) groups excluding carboxylic acids is 1. The molecule has 338 valence electrons. The Labute approximate surface area is 354 Å². The smallest absolute Gasteiger partial charge is 0.306 e. The molecule has 4 N–H and O–H groups in total. The average molecular weight is 821 g/mol. The van der Waals surface area contributed by atoms with Crippen LogP contribution in [-0.4, -0.2) is 89.6 Å². The summed E-state index contributed by atoms with van der Waals surface area (Å²) in [7, 11) is 0. The quantitative estimate of drug-likeness (QED) is 0.0271. The number of aliphatic hydroxyl groups excluding tert-OH is 4. The molecule has 0 radical (unpaired) electrons. The van der Waals surface area contributed by atoms with Crippen LogP contribution in [0.4, 0.5) is 0 Å². The maximum Gasteiger partial charge on any atom is 0.306 e. The first-order valence-electron chi connectivity index (χ1n) is 23.7. The molecule has 1 heterocycles. The standard InChI is InChI=1S/C49H88O9/c1-3-5-7-9-11-13-15-17-19-21-22-23-24-26-28-30-32-34-36-38-45(51)57-43(42-56-49-48(54)47(53)46(52)44(40-50)58-49)41-55-39-37-35-33-31-29-27-25-20-18-16-14-12-10-8-6-4-2/h11,13,17-20,22-23,43-44,46-50,52-54H,3-10,12,14-16,21,24-42H2,1-2H3/b13-11-,19-17-,20-18-,23-22-. The molecule has 9 nitrogen and oxygen atoms in total. The van der Waals surface area contributed by atoms with Crippen LogP contribution < -0.4 is 0 Å². The summed E-state index contributed by atoms with van der Waals surface area (Å²) in [6.07, 6.45) is 42.7. The number of hydrogen-bond acceptors (Lipinski definition) is 9. The Morgan fingerprint density at radius 1 is 0.552 bits per heavy atom. The highest BCUT2D eigenvalue weighted by atomic mass is 16.7. The zero-order valence-electron chi connectivity index (χ0n) is 37.0. The summed E-state index contributed by atoms with van der Waals surface area (Å²) in [5, 5.41) is 40.2. The van der Waals surface area contributed by atoms with Crippen LogP contribution in [-0.2, 0) is 23.7 Å². The molecule has 58 heavy (non-hydrogen) atoms. The summed E-state index contributed by atoms with van der Waals surface area (Å²) in [6, 6.07) is 0. The van der Waals surface area contributed by atoms with Crippen molar-refractivity contribution in [3.63, 3.8) is 0 Å². The first-order chi connectivity index (χ1) is 28.4. The molecular weight excluding hydrogens is 733 g/mol. The van der Waals surface area contributed by atoms with Crippen LogP contribution in [0.25, 0.3) is 0 Å². The fourth-order valence-corrected chi connectivity index (χ4v) is 6.96. The molecule has 1 rings (SSSR count). The van der Waals surface area contributed by atoms with Crippen molar-refractivity contribution in [2.75, 3.05) is 26.4 Å². The van der Waals surface area contributed by atoms with Crippen LogP contribution in [0.5, 0.6) is 0 Å². The Morgan fingerprint density at radius 3 is 1.55 bits per heavy atom. The molecule has 6 atom stereocenters. The Balaban J connectivity index is 2.27. The van der Waals surface area contributed by atoms with E-state index in [-0.39, 0.29) is 19.2 Å². The molecule has 0 aromatic carbocycles. The Hall–Kier alpha value is -1.85. The number of rotatable bonds is 40. The largest absolute Gasteiger partial charge is 0.457 e. The van der Waals surface area contributed by atoms with Gasteiger partial charge in [0.25, 0.3) is 0 Å². The molecule has 0 spiro atoms. The second-order valence-corrected chi connectivity index (χ2v) is 16.2. The van der Waals surface area contributed by atoms with Crippen LogP contribution in [0.2, 0.25) is 0 Å². The van der Waals surface area contributed by atoms with Crippen LogP contribution in [0.15, 0.2) is 48.6 Å². The Kier molecular flexibility index (Phi) is 37.9. The summed E-state index contributed by atoms with van der Waals surface area (Å²) >= 11 is 0. The molecule has 0 aliphatic carbocycles. The highest BCUT2D eigenvalue weighted by Gasteiger charge is 2.44. The predicted molar refractivity (Wildman–Crippen MR) is 238 cm³/mol. The van der Waals surface area contributed by atoms with E-state index in [1.165, 1.54) is 109 Å². The minimum atomic E-state index is -1.54. The van der Waals surface area contributed by atoms with Gasteiger partial charge >= 0.3 is 5.97 Å². The average Bonchev–Trinajstić information content (AvgIpc) is 3.22. The van der Waals surface area contributed by atoms with Gasteiger partial charge in [0.05, 0.1) is 19.8 Å². The van der Waals surface area contributed by atoms with Crippen molar-refractivity contribution < 1.29 is 44.2 Å². The van der Waals surface area contributed by atoms with Crippen LogP contribution >= 0.6 is 0 Å². The van der Waals surface area contributed by atoms with Crippen LogP contribution in [0, 0.1) is 0 Å². The van der Waals surface area contributed by atoms with Gasteiger partial charge in [0.2, 0.25) is 0 Å². The number of esters is 1. The monoisotopic (exact) mass is 821 g/mol. The molecule has 1 fully saturated rings. The Bertz CT molecular complexity index is 1030. The minimum absolute atomic E-state index is 0.122. The topological polar surface area (TPSA) is 135 Å². The molecule has 9 heteroatoms. The second-order valence-electron chi connectivity index (χ2n) is 16.2. The van der Waals surface area contributed by atoms with Gasteiger partial charge in [-0.25, -0.2) is 0 Å². The van der Waals surface area contributed by atoms with Crippen LogP contribution in [0.1, 0.15) is 194 Å². The van der Waals surface area contributed by atoms with Crippen molar-refractivity contribution >= 4 is 5.97 Å². The van der Waals surface area contributed by atoms with Gasteiger partial charge in [0.15, 0.2) is 6.29 Å². The molecule has 0 aromatic rings. The number of aliphatic hydroxyl groups is 4. The number of carbonyl (C=O) groups is 1. The molecule has 6 unspecified atom stereocenters. The maximum absolute atomic E-state index is 12.8. The van der Waals surface area contributed by atoms with Gasteiger partial charge in [0.1, 0.15) is 30.5 Å². The third-order valence-corrected chi connectivity index (χ3v) is 10.7. The summed E-state index contributed by atoms with van der Waals surface area (Å²) in [5.41, 5.74) is 0. The summed E-state index contributed by atoms with van der Waals surface area (Å²) in [6.45, 7) is 4.50. The third-order valence-electron chi connectivity index (χ3n) is 10.7. The van der Waals surface area contributed by atoms with Crippen molar-refractivity contribution in [2.24, 2.45) is 0 Å². The molecule has 0 aromatic heterocycles. The molecule has 1 aliphatic rings. The fourth-order valence-electron chi connectivity index (χ4n) is 6.96. The summed E-state index contributed by atoms with van der Waals surface area (Å²) in [4.78, 5) is 12.8. The van der Waals surface area contributed by atoms with Crippen molar-refractivity contribution in [1.82, 2.24) is 0 Å². The van der Waals surface area contributed by atoms with E-state index >= 15 is 0 Å². The van der Waals surface area contributed by atoms with Crippen molar-refractivity contribution in [3.05, 3.63) is 48.6 Å². The Morgan fingerprint density at radius 2 is 1.00 bits per heavy atom. The lowest BCUT2D eigenvalue weighted by atomic mass is 9.99. The molecule has 1 saturated heterocycles. The summed E-state index contributed by atoms with van der Waals surface area (Å²) in [5.74, 6) is -0.328. The molecule has 0 amide bonds.